The number of rotatable bonds is 8. The molecule has 0 atom stereocenters. The first-order chi connectivity index (χ1) is 15.2. The zero-order valence-electron chi connectivity index (χ0n) is 18.1. The minimum Gasteiger partial charge on any atom is -0.469 e. The summed E-state index contributed by atoms with van der Waals surface area (Å²) in [4.78, 5) is 16.7. The second-order valence-corrected chi connectivity index (χ2v) is 8.52. The number of aromatic nitrogens is 1. The summed E-state index contributed by atoms with van der Waals surface area (Å²) in [5, 5.41) is 0.667. The minimum atomic E-state index is -4.35. The minimum absolute atomic E-state index is 0.229. The first-order valence-corrected chi connectivity index (χ1v) is 10.9. The van der Waals surface area contributed by atoms with Gasteiger partial charge in [-0.15, -0.1) is 11.3 Å². The molecule has 0 aliphatic heterocycles. The molecule has 0 bridgehead atoms. The number of halogens is 3. The lowest BCUT2D eigenvalue weighted by atomic mass is 10.0. The quantitative estimate of drug-likeness (QED) is 0.370. The molecule has 3 aromatic rings. The first-order valence-electron chi connectivity index (χ1n) is 10.0. The molecule has 8 heteroatoms. The van der Waals surface area contributed by atoms with Crippen molar-refractivity contribution in [1.82, 2.24) is 4.98 Å². The zero-order chi connectivity index (χ0) is 23.3. The van der Waals surface area contributed by atoms with E-state index < -0.39 is 11.7 Å². The molecule has 1 heterocycles. The second kappa shape index (κ2) is 10.3. The largest absolute Gasteiger partial charge is 0.469 e. The maximum atomic E-state index is 12.8. The van der Waals surface area contributed by atoms with Gasteiger partial charge in [-0.2, -0.15) is 13.2 Å². The van der Waals surface area contributed by atoms with E-state index in [4.69, 9.17) is 4.74 Å². The van der Waals surface area contributed by atoms with Gasteiger partial charge in [-0.25, -0.2) is 4.98 Å². The summed E-state index contributed by atoms with van der Waals surface area (Å²) in [6, 6.07) is 11.0. The van der Waals surface area contributed by atoms with Crippen LogP contribution in [0.2, 0.25) is 0 Å². The molecule has 32 heavy (non-hydrogen) atoms. The van der Waals surface area contributed by atoms with Crippen molar-refractivity contribution >= 4 is 17.3 Å². The van der Waals surface area contributed by atoms with E-state index in [0.717, 1.165) is 39.4 Å². The maximum absolute atomic E-state index is 12.8. The van der Waals surface area contributed by atoms with Crippen molar-refractivity contribution in [3.63, 3.8) is 0 Å². The fourth-order valence-electron chi connectivity index (χ4n) is 3.22. The van der Waals surface area contributed by atoms with Crippen LogP contribution in [0.15, 0.2) is 42.5 Å². The van der Waals surface area contributed by atoms with E-state index in [-0.39, 0.29) is 5.97 Å². The number of methoxy groups -OCH3 is 1. The molecule has 0 aliphatic carbocycles. The van der Waals surface area contributed by atoms with E-state index in [1.165, 1.54) is 30.6 Å². The van der Waals surface area contributed by atoms with Gasteiger partial charge in [0.25, 0.3) is 0 Å². The molecule has 0 aliphatic rings. The molecule has 0 amide bonds. The van der Waals surface area contributed by atoms with E-state index in [0.29, 0.717) is 36.6 Å². The lowest BCUT2D eigenvalue weighted by Crippen LogP contribution is -2.03. The van der Waals surface area contributed by atoms with E-state index in [1.807, 2.05) is 32.0 Å². The smallest absolute Gasteiger partial charge is 0.416 e. The number of alkyl halides is 3. The third-order valence-electron chi connectivity index (χ3n) is 5.09. The van der Waals surface area contributed by atoms with E-state index in [2.05, 4.69) is 9.72 Å². The molecular weight excluding hydrogens is 439 g/mol. The number of benzene rings is 2. The van der Waals surface area contributed by atoms with Crippen LogP contribution in [0.25, 0.3) is 10.6 Å². The van der Waals surface area contributed by atoms with Gasteiger partial charge in [0.2, 0.25) is 0 Å². The third kappa shape index (κ3) is 6.17. The molecule has 0 saturated carbocycles. The number of esters is 1. The standard InChI is InChI=1S/C24H24F3NO3S/c1-15-12-17(4-5-18(15)8-11-22(29)30-3)13-31-14-21-16(2)28-23(32-21)19-6-9-20(10-7-19)24(25,26)27/h4-7,9-10,12H,8,11,13-14H2,1-3H3. The molecule has 2 aromatic carbocycles. The van der Waals surface area contributed by atoms with Crippen molar-refractivity contribution in [3.05, 3.63) is 75.3 Å². The second-order valence-electron chi connectivity index (χ2n) is 7.43. The molecule has 4 nitrogen and oxygen atoms in total. The predicted molar refractivity (Wildman–Crippen MR) is 117 cm³/mol. The van der Waals surface area contributed by atoms with E-state index in [9.17, 15) is 18.0 Å². The fourth-order valence-corrected chi connectivity index (χ4v) is 4.22. The monoisotopic (exact) mass is 463 g/mol. The summed E-state index contributed by atoms with van der Waals surface area (Å²) < 4.78 is 48.8. The van der Waals surface area contributed by atoms with Crippen LogP contribution in [-0.4, -0.2) is 18.1 Å². The molecule has 0 fully saturated rings. The molecule has 0 spiro atoms. The Balaban J connectivity index is 1.58. The van der Waals surface area contributed by atoms with Gasteiger partial charge in [0.15, 0.2) is 0 Å². The van der Waals surface area contributed by atoms with Crippen LogP contribution in [0.4, 0.5) is 13.2 Å². The molecule has 170 valence electrons. The zero-order valence-corrected chi connectivity index (χ0v) is 18.9. The first kappa shape index (κ1) is 23.9. The van der Waals surface area contributed by atoms with Gasteiger partial charge in [0.1, 0.15) is 5.01 Å². The Bertz CT molecular complexity index is 1080. The molecule has 0 radical (unpaired) electrons. The average molecular weight is 464 g/mol. The highest BCUT2D eigenvalue weighted by Gasteiger charge is 2.30. The van der Waals surface area contributed by atoms with Crippen LogP contribution in [0.3, 0.4) is 0 Å². The Kier molecular flexibility index (Phi) is 7.69. The molecule has 0 unspecified atom stereocenters. The van der Waals surface area contributed by atoms with E-state index >= 15 is 0 Å². The number of carbonyl (C=O) groups is 1. The Morgan fingerprint density at radius 1 is 1.06 bits per heavy atom. The topological polar surface area (TPSA) is 48.4 Å². The number of aryl methyl sites for hydroxylation is 3. The van der Waals surface area contributed by atoms with Crippen LogP contribution in [0, 0.1) is 13.8 Å². The fraction of sp³-hybridized carbons (Fsp3) is 0.333. The summed E-state index contributed by atoms with van der Waals surface area (Å²) in [6.07, 6.45) is -3.38. The molecule has 3 rings (SSSR count). The number of carbonyl (C=O) groups excluding carboxylic acids is 1. The molecule has 0 N–H and O–H groups in total. The van der Waals surface area contributed by atoms with Crippen molar-refractivity contribution in [2.75, 3.05) is 7.11 Å². The van der Waals surface area contributed by atoms with Crippen molar-refractivity contribution in [3.8, 4) is 10.6 Å². The van der Waals surface area contributed by atoms with Gasteiger partial charge < -0.3 is 9.47 Å². The summed E-state index contributed by atoms with van der Waals surface area (Å²) >= 11 is 1.42. The predicted octanol–water partition coefficient (Wildman–Crippen LogP) is 6.27. The van der Waals surface area contributed by atoms with Crippen molar-refractivity contribution in [2.45, 2.75) is 46.1 Å². The van der Waals surface area contributed by atoms with Gasteiger partial charge in [-0.05, 0) is 49.1 Å². The van der Waals surface area contributed by atoms with Gasteiger partial charge in [0.05, 0.1) is 36.5 Å². The van der Waals surface area contributed by atoms with Gasteiger partial charge >= 0.3 is 12.1 Å². The van der Waals surface area contributed by atoms with Crippen LogP contribution in [0.1, 0.15) is 39.2 Å². The Labute approximate surface area is 189 Å². The highest BCUT2D eigenvalue weighted by atomic mass is 32.1. The van der Waals surface area contributed by atoms with Crippen LogP contribution >= 0.6 is 11.3 Å². The Morgan fingerprint density at radius 3 is 2.41 bits per heavy atom. The lowest BCUT2D eigenvalue weighted by Gasteiger charge is -2.09. The summed E-state index contributed by atoms with van der Waals surface area (Å²) in [5.74, 6) is -0.229. The summed E-state index contributed by atoms with van der Waals surface area (Å²) in [7, 11) is 1.38. The van der Waals surface area contributed by atoms with E-state index in [1.54, 1.807) is 0 Å². The average Bonchev–Trinajstić information content (AvgIpc) is 3.13. The lowest BCUT2D eigenvalue weighted by molar-refractivity contribution is -0.140. The number of nitrogens with zero attached hydrogens (tertiary/aromatic N) is 1. The van der Waals surface area contributed by atoms with Crippen LogP contribution in [-0.2, 0) is 40.1 Å². The Hall–Kier alpha value is -2.71. The number of thiazole rings is 1. The molecule has 0 saturated heterocycles. The van der Waals surface area contributed by atoms with Crippen molar-refractivity contribution in [1.29, 1.82) is 0 Å². The van der Waals surface area contributed by atoms with Crippen LogP contribution < -0.4 is 0 Å². The summed E-state index contributed by atoms with van der Waals surface area (Å²) in [5.41, 5.74) is 3.99. The number of hydrogen-bond donors (Lipinski definition) is 0. The number of ether oxygens (including phenoxy) is 2. The van der Waals surface area contributed by atoms with Gasteiger partial charge in [-0.1, -0.05) is 30.3 Å². The number of hydrogen-bond acceptors (Lipinski definition) is 5. The molecular formula is C24H24F3NO3S. The highest BCUT2D eigenvalue weighted by Crippen LogP contribution is 2.33. The van der Waals surface area contributed by atoms with Crippen molar-refractivity contribution < 1.29 is 27.4 Å². The molecule has 1 aromatic heterocycles. The highest BCUT2D eigenvalue weighted by molar-refractivity contribution is 7.15. The summed E-state index contributed by atoms with van der Waals surface area (Å²) in [6.45, 7) is 4.65. The SMILES string of the molecule is COC(=O)CCc1ccc(COCc2sc(-c3ccc(C(F)(F)F)cc3)nc2C)cc1C. The normalized spacial score (nSPS) is 11.6. The van der Waals surface area contributed by atoms with Gasteiger partial charge in [0, 0.05) is 12.0 Å². The van der Waals surface area contributed by atoms with Crippen molar-refractivity contribution in [2.24, 2.45) is 0 Å². The maximum Gasteiger partial charge on any atom is 0.416 e. The Morgan fingerprint density at radius 2 is 1.78 bits per heavy atom. The third-order valence-corrected chi connectivity index (χ3v) is 6.27. The van der Waals surface area contributed by atoms with Gasteiger partial charge in [-0.3, -0.25) is 4.79 Å². The van der Waals surface area contributed by atoms with Crippen LogP contribution in [0.5, 0.6) is 0 Å².